The fourth-order valence-corrected chi connectivity index (χ4v) is 3.64. The first-order valence-electron chi connectivity index (χ1n) is 8.43. The van der Waals surface area contributed by atoms with E-state index in [1.165, 1.54) is 50.1 Å². The minimum Gasteiger partial charge on any atom is -0.368 e. The van der Waals surface area contributed by atoms with Gasteiger partial charge in [0.2, 0.25) is 0 Å². The third kappa shape index (κ3) is 3.38. The molecule has 3 rings (SSSR count). The summed E-state index contributed by atoms with van der Waals surface area (Å²) < 4.78 is 0. The minimum absolute atomic E-state index is 0.757. The van der Waals surface area contributed by atoms with Gasteiger partial charge in [0.05, 0.1) is 0 Å². The van der Waals surface area contributed by atoms with Crippen LogP contribution < -0.4 is 10.2 Å². The van der Waals surface area contributed by atoms with Gasteiger partial charge in [-0.3, -0.25) is 9.88 Å². The molecule has 1 atom stereocenters. The maximum absolute atomic E-state index is 4.49. The van der Waals surface area contributed by atoms with E-state index in [0.29, 0.717) is 0 Å². The summed E-state index contributed by atoms with van der Waals surface area (Å²) in [4.78, 5) is 9.78. The molecule has 4 nitrogen and oxygen atoms in total. The Morgan fingerprint density at radius 1 is 1.29 bits per heavy atom. The zero-order chi connectivity index (χ0) is 14.7. The molecule has 2 fully saturated rings. The fraction of sp³-hybridized carbons (Fsp3) is 0.706. The number of anilines is 1. The van der Waals surface area contributed by atoms with E-state index in [4.69, 9.17) is 0 Å². The average Bonchev–Trinajstić information content (AvgIpc) is 2.53. The molecular weight excluding hydrogens is 260 g/mol. The van der Waals surface area contributed by atoms with Crippen molar-refractivity contribution in [2.24, 2.45) is 0 Å². The molecule has 116 valence electrons. The van der Waals surface area contributed by atoms with Gasteiger partial charge in [0, 0.05) is 55.4 Å². The molecule has 0 aromatic carbocycles. The second-order valence-corrected chi connectivity index (χ2v) is 6.37. The molecule has 1 N–H and O–H groups in total. The molecule has 0 aliphatic carbocycles. The van der Waals surface area contributed by atoms with E-state index in [0.717, 1.165) is 31.4 Å². The second kappa shape index (κ2) is 6.75. The number of hydrogen-bond donors (Lipinski definition) is 1. The molecule has 4 heteroatoms. The van der Waals surface area contributed by atoms with Crippen molar-refractivity contribution in [2.45, 2.75) is 45.7 Å². The Hall–Kier alpha value is -1.13. The Kier molecular flexibility index (Phi) is 4.76. The number of pyridine rings is 1. The average molecular weight is 288 g/mol. The van der Waals surface area contributed by atoms with Gasteiger partial charge in [-0.05, 0) is 38.9 Å². The van der Waals surface area contributed by atoms with Crippen molar-refractivity contribution >= 4 is 5.69 Å². The van der Waals surface area contributed by atoms with Crippen LogP contribution in [0.3, 0.4) is 0 Å². The number of aryl methyl sites for hydroxylation is 1. The van der Waals surface area contributed by atoms with Crippen LogP contribution in [0.5, 0.6) is 0 Å². The zero-order valence-corrected chi connectivity index (χ0v) is 13.4. The van der Waals surface area contributed by atoms with Gasteiger partial charge in [0.15, 0.2) is 0 Å². The maximum Gasteiger partial charge on any atom is 0.0446 e. The number of fused-ring (bicyclic) bond motifs is 1. The first-order valence-corrected chi connectivity index (χ1v) is 8.43. The molecular formula is C17H28N4. The molecule has 0 bridgehead atoms. The van der Waals surface area contributed by atoms with E-state index < -0.39 is 0 Å². The van der Waals surface area contributed by atoms with Crippen LogP contribution >= 0.6 is 0 Å². The van der Waals surface area contributed by atoms with Crippen molar-refractivity contribution < 1.29 is 0 Å². The molecule has 1 aromatic rings. The maximum atomic E-state index is 4.49. The molecule has 21 heavy (non-hydrogen) atoms. The van der Waals surface area contributed by atoms with Gasteiger partial charge < -0.3 is 10.2 Å². The van der Waals surface area contributed by atoms with E-state index in [1.807, 2.05) is 0 Å². The third-order valence-electron chi connectivity index (χ3n) is 4.84. The lowest BCUT2D eigenvalue weighted by Crippen LogP contribution is -2.55. The van der Waals surface area contributed by atoms with Gasteiger partial charge in [-0.2, -0.15) is 0 Å². The van der Waals surface area contributed by atoms with E-state index in [1.54, 1.807) is 0 Å². The summed E-state index contributed by atoms with van der Waals surface area (Å²) in [5, 5.41) is 3.44. The van der Waals surface area contributed by atoms with E-state index >= 15 is 0 Å². The first-order chi connectivity index (χ1) is 10.3. The predicted molar refractivity (Wildman–Crippen MR) is 87.8 cm³/mol. The molecule has 2 aliphatic rings. The SMILES string of the molecule is CCNCc1cnc(C)cc1N1CCN2CCCCC2C1. The highest BCUT2D eigenvalue weighted by molar-refractivity contribution is 5.54. The first kappa shape index (κ1) is 14.8. The Bertz CT molecular complexity index is 474. The topological polar surface area (TPSA) is 31.4 Å². The zero-order valence-electron chi connectivity index (χ0n) is 13.4. The number of nitrogens with zero attached hydrogens (tertiary/aromatic N) is 3. The number of nitrogens with one attached hydrogen (secondary N) is 1. The standard InChI is InChI=1S/C17H28N4/c1-3-18-11-15-12-19-14(2)10-17(15)21-9-8-20-7-5-4-6-16(20)13-21/h10,12,16,18H,3-9,11,13H2,1-2H3. The van der Waals surface area contributed by atoms with Crippen LogP contribution in [0.2, 0.25) is 0 Å². The van der Waals surface area contributed by atoms with E-state index in [9.17, 15) is 0 Å². The highest BCUT2D eigenvalue weighted by Gasteiger charge is 2.29. The van der Waals surface area contributed by atoms with Gasteiger partial charge in [-0.15, -0.1) is 0 Å². The summed E-state index contributed by atoms with van der Waals surface area (Å²) in [6, 6.07) is 3.03. The lowest BCUT2D eigenvalue weighted by Gasteiger charge is -2.45. The fourth-order valence-electron chi connectivity index (χ4n) is 3.64. The van der Waals surface area contributed by atoms with Gasteiger partial charge in [-0.25, -0.2) is 0 Å². The van der Waals surface area contributed by atoms with Gasteiger partial charge in [-0.1, -0.05) is 13.3 Å². The third-order valence-corrected chi connectivity index (χ3v) is 4.84. The summed E-state index contributed by atoms with van der Waals surface area (Å²) in [5.74, 6) is 0. The van der Waals surface area contributed by atoms with Crippen molar-refractivity contribution in [1.29, 1.82) is 0 Å². The molecule has 2 aliphatic heterocycles. The van der Waals surface area contributed by atoms with Crippen LogP contribution in [0, 0.1) is 6.92 Å². The Morgan fingerprint density at radius 3 is 3.05 bits per heavy atom. The number of piperazine rings is 1. The van der Waals surface area contributed by atoms with Crippen LogP contribution in [0.25, 0.3) is 0 Å². The lowest BCUT2D eigenvalue weighted by molar-refractivity contribution is 0.133. The number of rotatable bonds is 4. The predicted octanol–water partition coefficient (Wildman–Crippen LogP) is 2.17. The highest BCUT2D eigenvalue weighted by Crippen LogP contribution is 2.27. The minimum atomic E-state index is 0.757. The smallest absolute Gasteiger partial charge is 0.0446 e. The summed E-state index contributed by atoms with van der Waals surface area (Å²) in [6.45, 7) is 11.0. The molecule has 0 radical (unpaired) electrons. The number of piperidine rings is 1. The summed E-state index contributed by atoms with van der Waals surface area (Å²) in [7, 11) is 0. The largest absolute Gasteiger partial charge is 0.368 e. The van der Waals surface area contributed by atoms with Gasteiger partial charge in [0.25, 0.3) is 0 Å². The number of hydrogen-bond acceptors (Lipinski definition) is 4. The van der Waals surface area contributed by atoms with Crippen molar-refractivity contribution in [1.82, 2.24) is 15.2 Å². The van der Waals surface area contributed by atoms with Crippen LogP contribution in [0.1, 0.15) is 37.4 Å². The Morgan fingerprint density at radius 2 is 2.19 bits per heavy atom. The van der Waals surface area contributed by atoms with Crippen molar-refractivity contribution in [2.75, 3.05) is 37.6 Å². The molecule has 3 heterocycles. The van der Waals surface area contributed by atoms with Crippen molar-refractivity contribution in [3.8, 4) is 0 Å². The lowest BCUT2D eigenvalue weighted by atomic mass is 9.99. The second-order valence-electron chi connectivity index (χ2n) is 6.37. The molecule has 0 spiro atoms. The molecule has 0 saturated carbocycles. The summed E-state index contributed by atoms with van der Waals surface area (Å²) in [6.07, 6.45) is 6.20. The molecule has 1 aromatic heterocycles. The molecule has 1 unspecified atom stereocenters. The normalized spacial score (nSPS) is 23.1. The van der Waals surface area contributed by atoms with Crippen molar-refractivity contribution in [3.63, 3.8) is 0 Å². The summed E-state index contributed by atoms with van der Waals surface area (Å²) >= 11 is 0. The van der Waals surface area contributed by atoms with Crippen LogP contribution in [0.4, 0.5) is 5.69 Å². The van der Waals surface area contributed by atoms with Gasteiger partial charge >= 0.3 is 0 Å². The van der Waals surface area contributed by atoms with Crippen LogP contribution in [-0.2, 0) is 6.54 Å². The molecule has 2 saturated heterocycles. The quantitative estimate of drug-likeness (QED) is 0.920. The summed E-state index contributed by atoms with van der Waals surface area (Å²) in [5.41, 5.74) is 3.86. The van der Waals surface area contributed by atoms with Crippen molar-refractivity contribution in [3.05, 3.63) is 23.5 Å². The Labute approximate surface area is 128 Å². The van der Waals surface area contributed by atoms with Gasteiger partial charge in [0.1, 0.15) is 0 Å². The molecule has 0 amide bonds. The highest BCUT2D eigenvalue weighted by atomic mass is 15.3. The van der Waals surface area contributed by atoms with Crippen LogP contribution in [0.15, 0.2) is 12.3 Å². The number of aromatic nitrogens is 1. The van der Waals surface area contributed by atoms with Crippen LogP contribution in [-0.4, -0.2) is 48.6 Å². The van der Waals surface area contributed by atoms with E-state index in [-0.39, 0.29) is 0 Å². The monoisotopic (exact) mass is 288 g/mol. The Balaban J connectivity index is 1.77. The van der Waals surface area contributed by atoms with E-state index in [2.05, 4.69) is 46.2 Å².